The van der Waals surface area contributed by atoms with Gasteiger partial charge in [0.05, 0.1) is 0 Å². The fraction of sp³-hybridized carbons (Fsp3) is 0.462. The molecule has 0 atom stereocenters. The molecule has 0 aliphatic rings. The van der Waals surface area contributed by atoms with Gasteiger partial charge in [0.1, 0.15) is 5.75 Å². The fourth-order valence-electron chi connectivity index (χ4n) is 1.62. The highest BCUT2D eigenvalue weighted by Crippen LogP contribution is 2.27. The molecule has 0 bridgehead atoms. The molecule has 0 N–H and O–H groups in total. The van der Waals surface area contributed by atoms with Gasteiger partial charge in [0, 0.05) is 23.1 Å². The van der Waals surface area contributed by atoms with Gasteiger partial charge in [0.15, 0.2) is 0 Å². The lowest BCUT2D eigenvalue weighted by Crippen LogP contribution is -2.33. The van der Waals surface area contributed by atoms with Crippen LogP contribution in [0.4, 0.5) is 4.79 Å². The Kier molecular flexibility index (Phi) is 5.48. The number of halogens is 1. The van der Waals surface area contributed by atoms with Crippen LogP contribution in [-0.4, -0.2) is 24.1 Å². The van der Waals surface area contributed by atoms with Crippen molar-refractivity contribution in [3.05, 3.63) is 28.2 Å². The third-order valence-corrected chi connectivity index (χ3v) is 3.39. The van der Waals surface area contributed by atoms with Crippen LogP contribution in [0.3, 0.4) is 0 Å². The van der Waals surface area contributed by atoms with Crippen molar-refractivity contribution in [2.24, 2.45) is 0 Å². The van der Waals surface area contributed by atoms with E-state index in [0.29, 0.717) is 18.8 Å². The predicted molar refractivity (Wildman–Crippen MR) is 72.5 cm³/mol. The Hall–Kier alpha value is -1.03. The van der Waals surface area contributed by atoms with E-state index < -0.39 is 0 Å². The first-order valence-corrected chi connectivity index (χ1v) is 6.67. The van der Waals surface area contributed by atoms with E-state index in [1.165, 1.54) is 0 Å². The van der Waals surface area contributed by atoms with Gasteiger partial charge in [-0.15, -0.1) is 0 Å². The zero-order valence-electron chi connectivity index (χ0n) is 10.5. The summed E-state index contributed by atoms with van der Waals surface area (Å²) in [5, 5.41) is 0. The van der Waals surface area contributed by atoms with E-state index in [4.69, 9.17) is 4.74 Å². The van der Waals surface area contributed by atoms with Crippen molar-refractivity contribution >= 4 is 22.0 Å². The molecular weight excluding hydrogens is 282 g/mol. The van der Waals surface area contributed by atoms with Crippen LogP contribution in [0, 0.1) is 0 Å². The van der Waals surface area contributed by atoms with Gasteiger partial charge in [-0.1, -0.05) is 28.9 Å². The summed E-state index contributed by atoms with van der Waals surface area (Å²) in [4.78, 5) is 13.5. The van der Waals surface area contributed by atoms with Crippen LogP contribution in [0.5, 0.6) is 5.75 Å². The molecule has 0 heterocycles. The number of rotatable bonds is 4. The van der Waals surface area contributed by atoms with Crippen LogP contribution in [0.25, 0.3) is 0 Å². The molecule has 0 spiro atoms. The molecule has 3 nitrogen and oxygen atoms in total. The van der Waals surface area contributed by atoms with Gasteiger partial charge >= 0.3 is 6.09 Å². The molecular formula is C13H18BrNO2. The Bertz CT molecular complexity index is 389. The average molecular weight is 300 g/mol. The summed E-state index contributed by atoms with van der Waals surface area (Å²) in [5.74, 6) is 0.638. The molecule has 94 valence electrons. The van der Waals surface area contributed by atoms with Gasteiger partial charge in [-0.25, -0.2) is 4.79 Å². The molecule has 1 aromatic rings. The van der Waals surface area contributed by atoms with Crippen molar-refractivity contribution in [1.82, 2.24) is 4.90 Å². The van der Waals surface area contributed by atoms with Crippen molar-refractivity contribution in [3.63, 3.8) is 0 Å². The van der Waals surface area contributed by atoms with Gasteiger partial charge < -0.3 is 9.64 Å². The second-order valence-corrected chi connectivity index (χ2v) is 4.46. The molecule has 4 heteroatoms. The molecule has 17 heavy (non-hydrogen) atoms. The second-order valence-electron chi connectivity index (χ2n) is 3.61. The molecule has 1 aromatic carbocycles. The lowest BCUT2D eigenvalue weighted by Gasteiger charge is -2.19. The maximum Gasteiger partial charge on any atom is 0.415 e. The number of hydrogen-bond donors (Lipinski definition) is 0. The van der Waals surface area contributed by atoms with E-state index >= 15 is 0 Å². The SMILES string of the molecule is CCc1c(Br)cccc1OC(=O)N(CC)CC. The lowest BCUT2D eigenvalue weighted by molar-refractivity contribution is 0.157. The van der Waals surface area contributed by atoms with Gasteiger partial charge in [-0.2, -0.15) is 0 Å². The lowest BCUT2D eigenvalue weighted by atomic mass is 10.1. The summed E-state index contributed by atoms with van der Waals surface area (Å²) < 4.78 is 6.39. The van der Waals surface area contributed by atoms with Crippen molar-refractivity contribution in [1.29, 1.82) is 0 Å². The average Bonchev–Trinajstić information content (AvgIpc) is 2.31. The van der Waals surface area contributed by atoms with Crippen LogP contribution >= 0.6 is 15.9 Å². The predicted octanol–water partition coefficient (Wildman–Crippen LogP) is 3.85. The number of carbonyl (C=O) groups excluding carboxylic acids is 1. The standard InChI is InChI=1S/C13H18BrNO2/c1-4-10-11(14)8-7-9-12(10)17-13(16)15(5-2)6-3/h7-9H,4-6H2,1-3H3. The maximum absolute atomic E-state index is 11.8. The first kappa shape index (κ1) is 14.0. The van der Waals surface area contributed by atoms with Crippen LogP contribution in [0.1, 0.15) is 26.3 Å². The van der Waals surface area contributed by atoms with Crippen LogP contribution in [-0.2, 0) is 6.42 Å². The number of amides is 1. The first-order valence-electron chi connectivity index (χ1n) is 5.88. The Morgan fingerprint density at radius 3 is 2.47 bits per heavy atom. The van der Waals surface area contributed by atoms with Gasteiger partial charge in [0.25, 0.3) is 0 Å². The second kappa shape index (κ2) is 6.64. The summed E-state index contributed by atoms with van der Waals surface area (Å²) in [7, 11) is 0. The molecule has 1 amide bonds. The third-order valence-electron chi connectivity index (χ3n) is 2.65. The van der Waals surface area contributed by atoms with E-state index in [1.807, 2.05) is 39.0 Å². The van der Waals surface area contributed by atoms with Crippen molar-refractivity contribution < 1.29 is 9.53 Å². The molecule has 0 saturated heterocycles. The summed E-state index contributed by atoms with van der Waals surface area (Å²) in [6.07, 6.45) is 0.533. The van der Waals surface area contributed by atoms with E-state index in [9.17, 15) is 4.79 Å². The van der Waals surface area contributed by atoms with Crippen molar-refractivity contribution in [3.8, 4) is 5.75 Å². The van der Waals surface area contributed by atoms with Crippen LogP contribution < -0.4 is 4.74 Å². The molecule has 0 saturated carbocycles. The quantitative estimate of drug-likeness (QED) is 0.845. The first-order chi connectivity index (χ1) is 8.13. The Balaban J connectivity index is 2.88. The molecule has 0 unspecified atom stereocenters. The van der Waals surface area contributed by atoms with Crippen molar-refractivity contribution in [2.75, 3.05) is 13.1 Å². The highest BCUT2D eigenvalue weighted by atomic mass is 79.9. The van der Waals surface area contributed by atoms with Crippen LogP contribution in [0.2, 0.25) is 0 Å². The summed E-state index contributed by atoms with van der Waals surface area (Å²) in [6, 6.07) is 5.65. The topological polar surface area (TPSA) is 29.5 Å². The molecule has 1 rings (SSSR count). The Morgan fingerprint density at radius 1 is 1.29 bits per heavy atom. The molecule has 0 radical (unpaired) electrons. The van der Waals surface area contributed by atoms with E-state index in [2.05, 4.69) is 15.9 Å². The van der Waals surface area contributed by atoms with Crippen LogP contribution in [0.15, 0.2) is 22.7 Å². The monoisotopic (exact) mass is 299 g/mol. The third kappa shape index (κ3) is 3.46. The van der Waals surface area contributed by atoms with E-state index in [0.717, 1.165) is 16.5 Å². The van der Waals surface area contributed by atoms with E-state index in [1.54, 1.807) is 4.90 Å². The highest BCUT2D eigenvalue weighted by Gasteiger charge is 2.14. The number of nitrogens with zero attached hydrogens (tertiary/aromatic N) is 1. The Labute approximate surface area is 111 Å². The molecule has 0 fully saturated rings. The summed E-state index contributed by atoms with van der Waals surface area (Å²) in [6.45, 7) is 7.23. The Morgan fingerprint density at radius 2 is 1.94 bits per heavy atom. The zero-order chi connectivity index (χ0) is 12.8. The number of ether oxygens (including phenoxy) is 1. The number of carbonyl (C=O) groups is 1. The summed E-state index contributed by atoms with van der Waals surface area (Å²) >= 11 is 3.46. The number of hydrogen-bond acceptors (Lipinski definition) is 2. The zero-order valence-corrected chi connectivity index (χ0v) is 12.1. The molecule has 0 aromatic heterocycles. The fourth-order valence-corrected chi connectivity index (χ4v) is 2.25. The van der Waals surface area contributed by atoms with Gasteiger partial charge in [-0.05, 0) is 32.4 Å². The minimum absolute atomic E-state index is 0.289. The normalized spacial score (nSPS) is 10.1. The largest absolute Gasteiger partial charge is 0.415 e. The van der Waals surface area contributed by atoms with Gasteiger partial charge in [-0.3, -0.25) is 0 Å². The van der Waals surface area contributed by atoms with Gasteiger partial charge in [0.2, 0.25) is 0 Å². The van der Waals surface area contributed by atoms with Crippen molar-refractivity contribution in [2.45, 2.75) is 27.2 Å². The highest BCUT2D eigenvalue weighted by molar-refractivity contribution is 9.10. The molecule has 0 aliphatic heterocycles. The smallest absolute Gasteiger partial charge is 0.410 e. The number of benzene rings is 1. The summed E-state index contributed by atoms with van der Waals surface area (Å²) in [5.41, 5.74) is 1.02. The minimum atomic E-state index is -0.289. The maximum atomic E-state index is 11.8. The minimum Gasteiger partial charge on any atom is -0.410 e. The molecule has 0 aliphatic carbocycles. The van der Waals surface area contributed by atoms with E-state index in [-0.39, 0.29) is 6.09 Å².